The molecule has 1 unspecified atom stereocenters. The van der Waals surface area contributed by atoms with Crippen molar-refractivity contribution in [3.05, 3.63) is 24.3 Å². The van der Waals surface area contributed by atoms with E-state index in [1.165, 1.54) is 283 Å². The highest BCUT2D eigenvalue weighted by Gasteiger charge is 2.19. The molecule has 0 radical (unpaired) electrons. The highest BCUT2D eigenvalue weighted by molar-refractivity contribution is 5.71. The maximum Gasteiger partial charge on any atom is 0.306 e. The highest BCUT2D eigenvalue weighted by atomic mass is 16.6. The minimum Gasteiger partial charge on any atom is -0.462 e. The lowest BCUT2D eigenvalue weighted by Crippen LogP contribution is -2.30. The average molecular weight is 1080 g/mol. The fraction of sp³-hybridized carbons (Fsp3) is 0.901. The molecule has 0 saturated heterocycles. The molecular weight excluding hydrogens is 949 g/mol. The highest BCUT2D eigenvalue weighted by Crippen LogP contribution is 2.19. The summed E-state index contributed by atoms with van der Waals surface area (Å²) in [7, 11) is 0. The van der Waals surface area contributed by atoms with E-state index in [4.69, 9.17) is 14.2 Å². The normalized spacial score (nSPS) is 12.1. The Morgan fingerprint density at radius 1 is 0.247 bits per heavy atom. The summed E-state index contributed by atoms with van der Waals surface area (Å²) in [5.41, 5.74) is 0. The van der Waals surface area contributed by atoms with Gasteiger partial charge in [-0.15, -0.1) is 0 Å². The molecule has 0 aliphatic carbocycles. The van der Waals surface area contributed by atoms with Gasteiger partial charge in [0, 0.05) is 19.3 Å². The Labute approximate surface area is 481 Å². The number of carbonyl (C=O) groups is 3. The maximum absolute atomic E-state index is 12.9. The van der Waals surface area contributed by atoms with Crippen molar-refractivity contribution in [3.8, 4) is 0 Å². The predicted molar refractivity (Wildman–Crippen MR) is 335 cm³/mol. The molecule has 0 aromatic rings. The molecule has 0 N–H and O–H groups in total. The molecule has 6 nitrogen and oxygen atoms in total. The van der Waals surface area contributed by atoms with E-state index in [1.54, 1.807) is 0 Å². The second-order valence-electron chi connectivity index (χ2n) is 23.8. The SMILES string of the molecule is CCCCCC/C=C\CCCCCCCC(=O)OCC(COC(=O)CCCCCCCCCCCCCCCCCCCCCCCCCCCCCCCCCCC)OC(=O)CCCCCCC/C=C\CCCCCC. The number of ether oxygens (including phenoxy) is 3. The summed E-state index contributed by atoms with van der Waals surface area (Å²) < 4.78 is 16.9. The van der Waals surface area contributed by atoms with Gasteiger partial charge in [-0.25, -0.2) is 0 Å². The molecule has 0 aromatic carbocycles. The van der Waals surface area contributed by atoms with Crippen molar-refractivity contribution in [2.24, 2.45) is 0 Å². The van der Waals surface area contributed by atoms with E-state index in [-0.39, 0.29) is 31.1 Å². The third-order valence-electron chi connectivity index (χ3n) is 15.9. The van der Waals surface area contributed by atoms with E-state index >= 15 is 0 Å². The van der Waals surface area contributed by atoms with Gasteiger partial charge in [-0.2, -0.15) is 0 Å². The first kappa shape index (κ1) is 74.9. The van der Waals surface area contributed by atoms with Gasteiger partial charge >= 0.3 is 17.9 Å². The first-order chi connectivity index (χ1) is 38.0. The van der Waals surface area contributed by atoms with Crippen LogP contribution in [-0.4, -0.2) is 37.2 Å². The van der Waals surface area contributed by atoms with E-state index in [1.807, 2.05) is 0 Å². The van der Waals surface area contributed by atoms with Gasteiger partial charge in [0.25, 0.3) is 0 Å². The zero-order valence-electron chi connectivity index (χ0n) is 52.3. The molecule has 0 fully saturated rings. The Kier molecular flexibility index (Phi) is 64.6. The van der Waals surface area contributed by atoms with E-state index in [2.05, 4.69) is 45.1 Å². The van der Waals surface area contributed by atoms with Crippen LogP contribution in [-0.2, 0) is 28.6 Å². The number of carbonyl (C=O) groups excluding carboxylic acids is 3. The fourth-order valence-electron chi connectivity index (χ4n) is 10.7. The number of rotatable bonds is 65. The molecule has 0 bridgehead atoms. The molecule has 0 aliphatic rings. The second kappa shape index (κ2) is 66.4. The zero-order valence-corrected chi connectivity index (χ0v) is 52.3. The Balaban J connectivity index is 4.03. The van der Waals surface area contributed by atoms with Crippen molar-refractivity contribution in [2.75, 3.05) is 13.2 Å². The lowest BCUT2D eigenvalue weighted by atomic mass is 10.0. The van der Waals surface area contributed by atoms with Crippen molar-refractivity contribution < 1.29 is 28.6 Å². The van der Waals surface area contributed by atoms with Crippen LogP contribution in [0.1, 0.15) is 393 Å². The molecule has 1 atom stereocenters. The summed E-state index contributed by atoms with van der Waals surface area (Å²) in [6.07, 6.45) is 80.9. The molecule has 77 heavy (non-hydrogen) atoms. The lowest BCUT2D eigenvalue weighted by Gasteiger charge is -2.18. The van der Waals surface area contributed by atoms with Crippen molar-refractivity contribution in [1.29, 1.82) is 0 Å². The van der Waals surface area contributed by atoms with Crippen molar-refractivity contribution in [2.45, 2.75) is 399 Å². The summed E-state index contributed by atoms with van der Waals surface area (Å²) >= 11 is 0. The monoisotopic (exact) mass is 1080 g/mol. The van der Waals surface area contributed by atoms with E-state index < -0.39 is 6.10 Å². The van der Waals surface area contributed by atoms with Crippen LogP contribution in [0.3, 0.4) is 0 Å². The topological polar surface area (TPSA) is 78.9 Å². The largest absolute Gasteiger partial charge is 0.462 e. The number of allylic oxidation sites excluding steroid dienone is 4. The fourth-order valence-corrected chi connectivity index (χ4v) is 10.7. The van der Waals surface area contributed by atoms with Crippen LogP contribution < -0.4 is 0 Å². The van der Waals surface area contributed by atoms with Gasteiger partial charge in [0.05, 0.1) is 0 Å². The number of unbranched alkanes of at least 4 members (excludes halogenated alkanes) is 50. The Morgan fingerprint density at radius 2 is 0.429 bits per heavy atom. The third-order valence-corrected chi connectivity index (χ3v) is 15.9. The first-order valence-electron chi connectivity index (χ1n) is 34.8. The maximum atomic E-state index is 12.9. The van der Waals surface area contributed by atoms with Gasteiger partial charge in [0.2, 0.25) is 0 Å². The van der Waals surface area contributed by atoms with Crippen LogP contribution in [0, 0.1) is 0 Å². The quantitative estimate of drug-likeness (QED) is 0.0261. The Morgan fingerprint density at radius 3 is 0.662 bits per heavy atom. The van der Waals surface area contributed by atoms with Crippen molar-refractivity contribution in [1.82, 2.24) is 0 Å². The van der Waals surface area contributed by atoms with Crippen LogP contribution in [0.2, 0.25) is 0 Å². The second-order valence-corrected chi connectivity index (χ2v) is 23.8. The molecule has 0 aliphatic heterocycles. The van der Waals surface area contributed by atoms with Gasteiger partial charge in [0.1, 0.15) is 13.2 Å². The van der Waals surface area contributed by atoms with Crippen LogP contribution in [0.15, 0.2) is 24.3 Å². The van der Waals surface area contributed by atoms with E-state index in [0.29, 0.717) is 19.3 Å². The van der Waals surface area contributed by atoms with Crippen LogP contribution in [0.25, 0.3) is 0 Å². The number of esters is 3. The minimum absolute atomic E-state index is 0.0726. The molecule has 0 saturated carbocycles. The van der Waals surface area contributed by atoms with Crippen LogP contribution >= 0.6 is 0 Å². The van der Waals surface area contributed by atoms with Gasteiger partial charge in [-0.1, -0.05) is 328 Å². The number of hydrogen-bond acceptors (Lipinski definition) is 6. The van der Waals surface area contributed by atoms with E-state index in [9.17, 15) is 14.4 Å². The minimum atomic E-state index is -0.776. The van der Waals surface area contributed by atoms with Gasteiger partial charge in [-0.05, 0) is 70.6 Å². The summed E-state index contributed by atoms with van der Waals surface area (Å²) in [6.45, 7) is 6.66. The lowest BCUT2D eigenvalue weighted by molar-refractivity contribution is -0.167. The zero-order chi connectivity index (χ0) is 55.7. The number of hydrogen-bond donors (Lipinski definition) is 0. The van der Waals surface area contributed by atoms with Crippen molar-refractivity contribution >= 4 is 17.9 Å². The molecule has 0 heterocycles. The van der Waals surface area contributed by atoms with Gasteiger partial charge in [-0.3, -0.25) is 14.4 Å². The summed E-state index contributed by atoms with van der Waals surface area (Å²) in [6, 6.07) is 0. The smallest absolute Gasteiger partial charge is 0.306 e. The van der Waals surface area contributed by atoms with Crippen molar-refractivity contribution in [3.63, 3.8) is 0 Å². The Bertz CT molecular complexity index is 1240. The van der Waals surface area contributed by atoms with Crippen LogP contribution in [0.4, 0.5) is 0 Å². The molecule has 0 aromatic heterocycles. The molecule has 0 spiro atoms. The summed E-state index contributed by atoms with van der Waals surface area (Å²) in [4.78, 5) is 38.2. The molecule has 0 rings (SSSR count). The molecule has 6 heteroatoms. The first-order valence-corrected chi connectivity index (χ1v) is 34.8. The molecule has 454 valence electrons. The summed E-state index contributed by atoms with van der Waals surface area (Å²) in [5.74, 6) is -0.867. The van der Waals surface area contributed by atoms with Crippen LogP contribution in [0.5, 0.6) is 0 Å². The standard InChI is InChI=1S/C71H134O6/c1-4-7-10-13-16-19-22-25-26-27-28-29-30-31-32-33-34-35-36-37-38-39-40-41-42-43-44-47-49-52-55-58-61-64-70(73)76-67-68(77-71(74)65-62-59-56-53-50-46-24-21-18-15-12-9-6-3)66-75-69(72)63-60-57-54-51-48-45-23-20-17-14-11-8-5-2/h20-21,23-24,68H,4-19,22,25-67H2,1-3H3/b23-20-,24-21-. The third kappa shape index (κ3) is 64.6. The predicted octanol–water partition coefficient (Wildman–Crippen LogP) is 23.8. The molecule has 0 amide bonds. The average Bonchev–Trinajstić information content (AvgIpc) is 3.43. The van der Waals surface area contributed by atoms with Gasteiger partial charge in [0.15, 0.2) is 6.10 Å². The summed E-state index contributed by atoms with van der Waals surface area (Å²) in [5, 5.41) is 0. The van der Waals surface area contributed by atoms with Gasteiger partial charge < -0.3 is 14.2 Å². The van der Waals surface area contributed by atoms with E-state index in [0.717, 1.165) is 70.6 Å². The molecular formula is C71H134O6. The Hall–Kier alpha value is -2.11.